The summed E-state index contributed by atoms with van der Waals surface area (Å²) in [6.45, 7) is 11.6. The van der Waals surface area contributed by atoms with Crippen LogP contribution in [-0.2, 0) is 11.8 Å². The van der Waals surface area contributed by atoms with E-state index in [9.17, 15) is 0 Å². The highest BCUT2D eigenvalue weighted by molar-refractivity contribution is 5.12. The molecule has 0 atom stereocenters. The van der Waals surface area contributed by atoms with Gasteiger partial charge in [-0.2, -0.15) is 0 Å². The minimum atomic E-state index is 0.0944. The van der Waals surface area contributed by atoms with Crippen molar-refractivity contribution >= 4 is 0 Å². The topological polar surface area (TPSA) is 43.8 Å². The monoisotopic (exact) mass is 209 g/mol. The summed E-state index contributed by atoms with van der Waals surface area (Å²) in [5, 5.41) is 0. The van der Waals surface area contributed by atoms with Crippen molar-refractivity contribution in [2.24, 2.45) is 5.73 Å². The van der Waals surface area contributed by atoms with E-state index in [0.29, 0.717) is 12.6 Å². The Kier molecular flexibility index (Phi) is 3.55. The van der Waals surface area contributed by atoms with Crippen LogP contribution in [0.2, 0.25) is 0 Å². The molecule has 3 heteroatoms. The van der Waals surface area contributed by atoms with E-state index >= 15 is 0 Å². The molecule has 0 aliphatic rings. The van der Waals surface area contributed by atoms with Crippen LogP contribution in [0, 0.1) is 0 Å². The summed E-state index contributed by atoms with van der Waals surface area (Å²) in [5.41, 5.74) is 6.76. The molecular formula is C12H23N3. The Morgan fingerprint density at radius 2 is 2.00 bits per heavy atom. The van der Waals surface area contributed by atoms with Crippen LogP contribution in [0.3, 0.4) is 0 Å². The van der Waals surface area contributed by atoms with Crippen molar-refractivity contribution in [3.05, 3.63) is 17.7 Å². The van der Waals surface area contributed by atoms with Crippen molar-refractivity contribution in [1.82, 2.24) is 9.55 Å². The first kappa shape index (κ1) is 12.2. The summed E-state index contributed by atoms with van der Waals surface area (Å²) in [5.74, 6) is 1.15. The van der Waals surface area contributed by atoms with E-state index in [0.717, 1.165) is 17.9 Å². The third-order valence-electron chi connectivity index (χ3n) is 2.41. The highest BCUT2D eigenvalue weighted by atomic mass is 15.1. The molecule has 1 aromatic heterocycles. The molecule has 0 saturated heterocycles. The molecule has 2 N–H and O–H groups in total. The van der Waals surface area contributed by atoms with E-state index in [-0.39, 0.29) is 5.41 Å². The SMILES string of the molecule is CC(C)n1cc(CCN)nc1C(C)(C)C. The van der Waals surface area contributed by atoms with Gasteiger partial charge in [-0.3, -0.25) is 0 Å². The largest absolute Gasteiger partial charge is 0.332 e. The molecular weight excluding hydrogens is 186 g/mol. The quantitative estimate of drug-likeness (QED) is 0.830. The van der Waals surface area contributed by atoms with Gasteiger partial charge >= 0.3 is 0 Å². The third-order valence-corrected chi connectivity index (χ3v) is 2.41. The summed E-state index contributed by atoms with van der Waals surface area (Å²) in [7, 11) is 0. The van der Waals surface area contributed by atoms with Crippen LogP contribution in [-0.4, -0.2) is 16.1 Å². The van der Waals surface area contributed by atoms with Gasteiger partial charge in [0.05, 0.1) is 5.69 Å². The lowest BCUT2D eigenvalue weighted by atomic mass is 9.95. The minimum absolute atomic E-state index is 0.0944. The lowest BCUT2D eigenvalue weighted by Gasteiger charge is -2.21. The van der Waals surface area contributed by atoms with E-state index in [4.69, 9.17) is 5.73 Å². The number of nitrogens with two attached hydrogens (primary N) is 1. The molecule has 1 aromatic rings. The minimum Gasteiger partial charge on any atom is -0.332 e. The van der Waals surface area contributed by atoms with Crippen molar-refractivity contribution in [2.45, 2.75) is 52.5 Å². The van der Waals surface area contributed by atoms with Gasteiger partial charge in [0.15, 0.2) is 0 Å². The lowest BCUT2D eigenvalue weighted by molar-refractivity contribution is 0.469. The Balaban J connectivity index is 3.12. The molecule has 0 radical (unpaired) electrons. The first-order chi connectivity index (χ1) is 6.86. The fourth-order valence-corrected chi connectivity index (χ4v) is 1.66. The maximum atomic E-state index is 5.56. The number of imidazole rings is 1. The predicted molar refractivity (Wildman–Crippen MR) is 64.1 cm³/mol. The maximum absolute atomic E-state index is 5.56. The highest BCUT2D eigenvalue weighted by Gasteiger charge is 2.22. The summed E-state index contributed by atoms with van der Waals surface area (Å²) in [6, 6.07) is 0.457. The van der Waals surface area contributed by atoms with Crippen molar-refractivity contribution in [2.75, 3.05) is 6.54 Å². The summed E-state index contributed by atoms with van der Waals surface area (Å²) in [6.07, 6.45) is 3.00. The normalized spacial score (nSPS) is 12.5. The fraction of sp³-hybridized carbons (Fsp3) is 0.750. The van der Waals surface area contributed by atoms with E-state index in [2.05, 4.69) is 50.4 Å². The molecule has 0 aliphatic heterocycles. The van der Waals surface area contributed by atoms with Crippen LogP contribution in [0.15, 0.2) is 6.20 Å². The lowest BCUT2D eigenvalue weighted by Crippen LogP contribution is -2.19. The second-order valence-corrected chi connectivity index (χ2v) is 5.35. The Morgan fingerprint density at radius 1 is 1.40 bits per heavy atom. The number of aromatic nitrogens is 2. The molecule has 15 heavy (non-hydrogen) atoms. The van der Waals surface area contributed by atoms with Gasteiger partial charge < -0.3 is 10.3 Å². The average Bonchev–Trinajstić information content (AvgIpc) is 2.48. The zero-order valence-electron chi connectivity index (χ0n) is 10.5. The molecule has 0 unspecified atom stereocenters. The molecule has 0 spiro atoms. The molecule has 86 valence electrons. The van der Waals surface area contributed by atoms with Crippen LogP contribution in [0.5, 0.6) is 0 Å². The van der Waals surface area contributed by atoms with Crippen molar-refractivity contribution < 1.29 is 0 Å². The van der Waals surface area contributed by atoms with E-state index in [1.807, 2.05) is 0 Å². The van der Waals surface area contributed by atoms with Gasteiger partial charge in [-0.25, -0.2) is 4.98 Å². The Hall–Kier alpha value is -0.830. The maximum Gasteiger partial charge on any atom is 0.114 e. The van der Waals surface area contributed by atoms with Gasteiger partial charge in [0, 0.05) is 24.1 Å². The molecule has 0 amide bonds. The Bertz CT molecular complexity index is 318. The van der Waals surface area contributed by atoms with Crippen LogP contribution in [0.25, 0.3) is 0 Å². The fourth-order valence-electron chi connectivity index (χ4n) is 1.66. The molecule has 0 bridgehead atoms. The van der Waals surface area contributed by atoms with Gasteiger partial charge in [-0.1, -0.05) is 20.8 Å². The molecule has 0 aromatic carbocycles. The van der Waals surface area contributed by atoms with Crippen LogP contribution < -0.4 is 5.73 Å². The van der Waals surface area contributed by atoms with E-state index in [1.54, 1.807) is 0 Å². The Labute approximate surface area is 92.7 Å². The number of hydrogen-bond acceptors (Lipinski definition) is 2. The second-order valence-electron chi connectivity index (χ2n) is 5.35. The van der Waals surface area contributed by atoms with Crippen LogP contribution >= 0.6 is 0 Å². The molecule has 0 aliphatic carbocycles. The highest BCUT2D eigenvalue weighted by Crippen LogP contribution is 2.24. The van der Waals surface area contributed by atoms with Crippen molar-refractivity contribution in [3.63, 3.8) is 0 Å². The van der Waals surface area contributed by atoms with Gasteiger partial charge in [-0.05, 0) is 20.4 Å². The second kappa shape index (κ2) is 4.35. The standard InChI is InChI=1S/C12H23N3/c1-9(2)15-8-10(6-7-13)14-11(15)12(3,4)5/h8-9H,6-7,13H2,1-5H3. The zero-order valence-corrected chi connectivity index (χ0v) is 10.5. The summed E-state index contributed by atoms with van der Waals surface area (Å²) < 4.78 is 2.25. The van der Waals surface area contributed by atoms with Gasteiger partial charge in [0.25, 0.3) is 0 Å². The average molecular weight is 209 g/mol. The molecule has 0 fully saturated rings. The van der Waals surface area contributed by atoms with Gasteiger partial charge in [-0.15, -0.1) is 0 Å². The summed E-state index contributed by atoms with van der Waals surface area (Å²) >= 11 is 0. The van der Waals surface area contributed by atoms with Gasteiger partial charge in [0.2, 0.25) is 0 Å². The smallest absolute Gasteiger partial charge is 0.114 e. The predicted octanol–water partition coefficient (Wildman–Crippen LogP) is 2.26. The number of rotatable bonds is 3. The van der Waals surface area contributed by atoms with Crippen molar-refractivity contribution in [3.8, 4) is 0 Å². The summed E-state index contributed by atoms with van der Waals surface area (Å²) in [4.78, 5) is 4.68. The number of nitrogens with zero attached hydrogens (tertiary/aromatic N) is 2. The van der Waals surface area contributed by atoms with E-state index < -0.39 is 0 Å². The number of hydrogen-bond donors (Lipinski definition) is 1. The molecule has 3 nitrogen and oxygen atoms in total. The molecule has 1 rings (SSSR count). The molecule has 0 saturated carbocycles. The molecule has 1 heterocycles. The zero-order chi connectivity index (χ0) is 11.6. The first-order valence-corrected chi connectivity index (χ1v) is 5.64. The van der Waals surface area contributed by atoms with Crippen molar-refractivity contribution in [1.29, 1.82) is 0 Å². The van der Waals surface area contributed by atoms with E-state index in [1.165, 1.54) is 0 Å². The first-order valence-electron chi connectivity index (χ1n) is 5.64. The van der Waals surface area contributed by atoms with Crippen LogP contribution in [0.1, 0.15) is 52.2 Å². The van der Waals surface area contributed by atoms with Gasteiger partial charge in [0.1, 0.15) is 5.82 Å². The van der Waals surface area contributed by atoms with Crippen LogP contribution in [0.4, 0.5) is 0 Å². The Morgan fingerprint density at radius 3 is 2.33 bits per heavy atom. The third kappa shape index (κ3) is 2.81.